The van der Waals surface area contributed by atoms with E-state index in [0.717, 1.165) is 0 Å². The average Bonchev–Trinajstić information content (AvgIpc) is 2.43. The van der Waals surface area contributed by atoms with Gasteiger partial charge in [0.2, 0.25) is 12.6 Å². The van der Waals surface area contributed by atoms with E-state index in [-0.39, 0.29) is 0 Å². The van der Waals surface area contributed by atoms with Crippen molar-refractivity contribution in [1.29, 1.82) is 0 Å². The van der Waals surface area contributed by atoms with Crippen LogP contribution < -0.4 is 0 Å². The van der Waals surface area contributed by atoms with Crippen molar-refractivity contribution in [3.05, 3.63) is 0 Å². The van der Waals surface area contributed by atoms with Crippen LogP contribution in [-0.4, -0.2) is 65.2 Å². The van der Waals surface area contributed by atoms with Crippen LogP contribution >= 0.6 is 0 Å². The van der Waals surface area contributed by atoms with E-state index in [0.29, 0.717) is 0 Å². The van der Waals surface area contributed by atoms with Crippen LogP contribution in [0, 0.1) is 0 Å². The number of carbonyl (C=O) groups excluding carboxylic acids is 2. The Morgan fingerprint density at radius 1 is 0.778 bits per heavy atom. The number of carbonyl (C=O) groups is 2. The third-order valence-corrected chi connectivity index (χ3v) is 2.39. The zero-order valence-corrected chi connectivity index (χ0v) is 10.6. The molecule has 0 spiro atoms. The standard InChI is InChI=1S/C10H16O8/c1-13-7(11)5-6(8(12)14-2)18-10(16-4)9(15-3)17-5/h5-6,9-10H,1-4H3/t5-,6-,9-,10-/m1/s1. The van der Waals surface area contributed by atoms with Crippen LogP contribution in [-0.2, 0) is 38.0 Å². The molecule has 1 fully saturated rings. The monoisotopic (exact) mass is 264 g/mol. The Hall–Kier alpha value is -1.22. The summed E-state index contributed by atoms with van der Waals surface area (Å²) in [5.41, 5.74) is 0. The quantitative estimate of drug-likeness (QED) is 0.601. The van der Waals surface area contributed by atoms with Crippen molar-refractivity contribution >= 4 is 11.9 Å². The summed E-state index contributed by atoms with van der Waals surface area (Å²) in [6.45, 7) is 0. The van der Waals surface area contributed by atoms with Gasteiger partial charge >= 0.3 is 11.9 Å². The molecule has 1 saturated heterocycles. The third-order valence-electron chi connectivity index (χ3n) is 2.39. The number of ether oxygens (including phenoxy) is 6. The first-order valence-electron chi connectivity index (χ1n) is 5.11. The molecule has 0 amide bonds. The Kier molecular flexibility index (Phi) is 5.48. The number of methoxy groups -OCH3 is 4. The largest absolute Gasteiger partial charge is 0.467 e. The van der Waals surface area contributed by atoms with Gasteiger partial charge in [-0.3, -0.25) is 0 Å². The Balaban J connectivity index is 2.90. The summed E-state index contributed by atoms with van der Waals surface area (Å²) in [5, 5.41) is 0. The molecule has 0 aromatic heterocycles. The third kappa shape index (κ3) is 2.96. The van der Waals surface area contributed by atoms with Gasteiger partial charge in [-0.1, -0.05) is 0 Å². The highest BCUT2D eigenvalue weighted by molar-refractivity contribution is 5.85. The lowest BCUT2D eigenvalue weighted by molar-refractivity contribution is -0.343. The summed E-state index contributed by atoms with van der Waals surface area (Å²) in [7, 11) is 5.05. The predicted octanol–water partition coefficient (Wildman–Crippen LogP) is -0.939. The number of esters is 2. The first-order chi connectivity index (χ1) is 8.58. The van der Waals surface area contributed by atoms with E-state index in [4.69, 9.17) is 18.9 Å². The molecule has 0 aromatic rings. The molecule has 0 aromatic carbocycles. The molecular weight excluding hydrogens is 248 g/mol. The van der Waals surface area contributed by atoms with Gasteiger partial charge < -0.3 is 28.4 Å². The van der Waals surface area contributed by atoms with Crippen LogP contribution in [0.4, 0.5) is 0 Å². The summed E-state index contributed by atoms with van der Waals surface area (Å²) in [4.78, 5) is 23.0. The van der Waals surface area contributed by atoms with E-state index < -0.39 is 36.7 Å². The zero-order valence-electron chi connectivity index (χ0n) is 10.6. The molecule has 4 atom stereocenters. The normalized spacial score (nSPS) is 31.8. The van der Waals surface area contributed by atoms with Crippen LogP contribution in [0.2, 0.25) is 0 Å². The van der Waals surface area contributed by atoms with Crippen molar-refractivity contribution in [2.45, 2.75) is 24.8 Å². The molecule has 1 aliphatic rings. The number of hydrogen-bond donors (Lipinski definition) is 0. The summed E-state index contributed by atoms with van der Waals surface area (Å²) in [5.74, 6) is -1.52. The van der Waals surface area contributed by atoms with Gasteiger partial charge in [0, 0.05) is 14.2 Å². The van der Waals surface area contributed by atoms with Crippen LogP contribution in [0.3, 0.4) is 0 Å². The fourth-order valence-corrected chi connectivity index (χ4v) is 1.48. The molecule has 1 heterocycles. The van der Waals surface area contributed by atoms with Gasteiger partial charge in [0.05, 0.1) is 14.2 Å². The van der Waals surface area contributed by atoms with Crippen molar-refractivity contribution in [1.82, 2.24) is 0 Å². The van der Waals surface area contributed by atoms with Gasteiger partial charge in [-0.05, 0) is 0 Å². The molecule has 0 aliphatic carbocycles. The Morgan fingerprint density at radius 3 is 1.33 bits per heavy atom. The predicted molar refractivity (Wildman–Crippen MR) is 55.4 cm³/mol. The topological polar surface area (TPSA) is 89.5 Å². The molecule has 0 radical (unpaired) electrons. The molecule has 1 rings (SSSR count). The second-order valence-corrected chi connectivity index (χ2v) is 3.37. The molecule has 0 N–H and O–H groups in total. The van der Waals surface area contributed by atoms with E-state index in [2.05, 4.69) is 9.47 Å². The summed E-state index contributed by atoms with van der Waals surface area (Å²) >= 11 is 0. The summed E-state index contributed by atoms with van der Waals surface area (Å²) < 4.78 is 29.5. The van der Waals surface area contributed by atoms with Crippen molar-refractivity contribution in [3.8, 4) is 0 Å². The highest BCUT2D eigenvalue weighted by Gasteiger charge is 2.47. The molecule has 18 heavy (non-hydrogen) atoms. The number of hydrogen-bond acceptors (Lipinski definition) is 8. The van der Waals surface area contributed by atoms with E-state index >= 15 is 0 Å². The molecule has 8 nitrogen and oxygen atoms in total. The van der Waals surface area contributed by atoms with Gasteiger partial charge in [-0.25, -0.2) is 9.59 Å². The van der Waals surface area contributed by atoms with Crippen LogP contribution in [0.5, 0.6) is 0 Å². The van der Waals surface area contributed by atoms with E-state index in [1.807, 2.05) is 0 Å². The van der Waals surface area contributed by atoms with E-state index in [1.165, 1.54) is 28.4 Å². The van der Waals surface area contributed by atoms with E-state index in [9.17, 15) is 9.59 Å². The lowest BCUT2D eigenvalue weighted by Crippen LogP contribution is -2.56. The molecule has 1 aliphatic heterocycles. The van der Waals surface area contributed by atoms with Crippen LogP contribution in [0.25, 0.3) is 0 Å². The highest BCUT2D eigenvalue weighted by atomic mass is 16.8. The first kappa shape index (κ1) is 14.8. The smallest absolute Gasteiger partial charge is 0.338 e. The maximum absolute atomic E-state index is 11.5. The average molecular weight is 264 g/mol. The fourth-order valence-electron chi connectivity index (χ4n) is 1.48. The fraction of sp³-hybridized carbons (Fsp3) is 0.800. The Bertz CT molecular complexity index is 274. The number of rotatable bonds is 4. The lowest BCUT2D eigenvalue weighted by atomic mass is 10.2. The van der Waals surface area contributed by atoms with Crippen LogP contribution in [0.1, 0.15) is 0 Å². The minimum Gasteiger partial charge on any atom is -0.467 e. The van der Waals surface area contributed by atoms with Crippen molar-refractivity contribution in [2.24, 2.45) is 0 Å². The maximum atomic E-state index is 11.5. The van der Waals surface area contributed by atoms with E-state index in [1.54, 1.807) is 0 Å². The highest BCUT2D eigenvalue weighted by Crippen LogP contribution is 2.23. The molecule has 8 heteroatoms. The minimum atomic E-state index is -1.27. The second-order valence-electron chi connectivity index (χ2n) is 3.37. The van der Waals surface area contributed by atoms with Gasteiger partial charge in [-0.15, -0.1) is 0 Å². The zero-order chi connectivity index (χ0) is 13.7. The molecule has 104 valence electrons. The SMILES string of the molecule is COC(=O)[C@@H]1O[C@@H](OC)[C@H](OC)O[C@H]1C(=O)OC. The Morgan fingerprint density at radius 2 is 1.11 bits per heavy atom. The first-order valence-corrected chi connectivity index (χ1v) is 5.11. The van der Waals surface area contributed by atoms with Gasteiger partial charge in [0.25, 0.3) is 0 Å². The molecular formula is C10H16O8. The van der Waals surface area contributed by atoms with Crippen molar-refractivity contribution in [2.75, 3.05) is 28.4 Å². The summed E-state index contributed by atoms with van der Waals surface area (Å²) in [6.07, 6.45) is -4.42. The maximum Gasteiger partial charge on any atom is 0.338 e. The molecule has 0 unspecified atom stereocenters. The summed E-state index contributed by atoms with van der Waals surface area (Å²) in [6, 6.07) is 0. The van der Waals surface area contributed by atoms with Crippen LogP contribution in [0.15, 0.2) is 0 Å². The Labute approximate surface area is 104 Å². The molecule has 0 bridgehead atoms. The van der Waals surface area contributed by atoms with Crippen molar-refractivity contribution in [3.63, 3.8) is 0 Å². The van der Waals surface area contributed by atoms with Gasteiger partial charge in [0.1, 0.15) is 0 Å². The van der Waals surface area contributed by atoms with Gasteiger partial charge in [-0.2, -0.15) is 0 Å². The minimum absolute atomic E-state index is 0.762. The van der Waals surface area contributed by atoms with Crippen molar-refractivity contribution < 1.29 is 38.0 Å². The molecule has 0 saturated carbocycles. The van der Waals surface area contributed by atoms with Gasteiger partial charge in [0.15, 0.2) is 12.2 Å². The second kappa shape index (κ2) is 6.64. The lowest BCUT2D eigenvalue weighted by Gasteiger charge is -2.37.